The molecule has 11 rings (SSSR count). The van der Waals surface area contributed by atoms with Crippen LogP contribution >= 0.6 is 0 Å². The number of fused-ring (bicyclic) bond motifs is 3. The number of hydrogen-bond donors (Lipinski definition) is 0. The summed E-state index contributed by atoms with van der Waals surface area (Å²) in [5, 5.41) is 15.5. The molecule has 0 radical (unpaired) electrons. The molecule has 3 fully saturated rings. The molecular formula is C49H46F6N10O11S2. The Morgan fingerprint density at radius 3 is 1.62 bits per heavy atom. The third-order valence-electron chi connectivity index (χ3n) is 13.6. The first-order valence-electron chi connectivity index (χ1n) is 24.3. The Morgan fingerprint density at radius 2 is 1.13 bits per heavy atom. The van der Waals surface area contributed by atoms with Crippen LogP contribution in [0.4, 0.5) is 37.7 Å². The number of ether oxygens (including phenoxy) is 4. The Hall–Kier alpha value is -7.31. The number of nitrogens with zero attached hydrogens (tertiary/aromatic N) is 10. The van der Waals surface area contributed by atoms with Crippen LogP contribution in [0.25, 0.3) is 0 Å². The second-order valence-corrected chi connectivity index (χ2v) is 22.2. The number of hydrogen-bond acceptors (Lipinski definition) is 15. The average Bonchev–Trinajstić information content (AvgIpc) is 4.29. The van der Waals surface area contributed by atoms with E-state index < -0.39 is 92.1 Å². The molecule has 3 saturated heterocycles. The normalized spacial score (nSPS) is 19.1. The fourth-order valence-corrected chi connectivity index (χ4v) is 13.1. The molecule has 0 bridgehead atoms. The van der Waals surface area contributed by atoms with E-state index in [2.05, 4.69) is 20.6 Å². The Kier molecular flexibility index (Phi) is 15.1. The van der Waals surface area contributed by atoms with Gasteiger partial charge in [-0.1, -0.05) is 10.4 Å². The number of carbonyl (C=O) groups excluding carboxylic acids is 3. The summed E-state index contributed by atoms with van der Waals surface area (Å²) < 4.78 is 161. The summed E-state index contributed by atoms with van der Waals surface area (Å²) >= 11 is 0. The van der Waals surface area contributed by atoms with E-state index in [4.69, 9.17) is 18.9 Å². The fraction of sp³-hybridized carbons (Fsp3) is 0.367. The van der Waals surface area contributed by atoms with Crippen LogP contribution in [0.3, 0.4) is 0 Å². The number of amides is 2. The van der Waals surface area contributed by atoms with E-state index in [-0.39, 0.29) is 97.4 Å². The van der Waals surface area contributed by atoms with Crippen molar-refractivity contribution in [3.05, 3.63) is 131 Å². The molecule has 1 spiro atoms. The number of ketones is 1. The lowest BCUT2D eigenvalue weighted by Gasteiger charge is -2.36. The third kappa shape index (κ3) is 10.3. The second kappa shape index (κ2) is 21.8. The van der Waals surface area contributed by atoms with Crippen molar-refractivity contribution < 1.29 is 76.5 Å². The summed E-state index contributed by atoms with van der Waals surface area (Å²) in [6.45, 7) is -1.36. The van der Waals surface area contributed by atoms with E-state index in [9.17, 15) is 57.6 Å². The number of sulfonamides is 2. The number of rotatable bonds is 18. The van der Waals surface area contributed by atoms with Gasteiger partial charge in [-0.25, -0.2) is 52.5 Å². The first kappa shape index (κ1) is 54.1. The molecule has 2 aromatic heterocycles. The topological polar surface area (TPSA) is 231 Å². The summed E-state index contributed by atoms with van der Waals surface area (Å²) in [4.78, 5) is 41.0. The van der Waals surface area contributed by atoms with Gasteiger partial charge < -0.3 is 23.8 Å². The Morgan fingerprint density at radius 1 is 0.628 bits per heavy atom. The van der Waals surface area contributed by atoms with Gasteiger partial charge in [-0.15, -0.1) is 10.2 Å². The maximum atomic E-state index is 14.0. The maximum Gasteiger partial charge on any atom is 0.299 e. The zero-order chi connectivity index (χ0) is 55.1. The first-order chi connectivity index (χ1) is 37.4. The van der Waals surface area contributed by atoms with E-state index in [1.54, 1.807) is 0 Å². The molecule has 2 atom stereocenters. The summed E-state index contributed by atoms with van der Waals surface area (Å²) in [6, 6.07) is 12.7. The summed E-state index contributed by atoms with van der Waals surface area (Å²) in [5.74, 6) is -7.67. The molecule has 5 aliphatic heterocycles. The molecule has 0 saturated carbocycles. The highest BCUT2D eigenvalue weighted by atomic mass is 32.2. The molecule has 0 unspecified atom stereocenters. The van der Waals surface area contributed by atoms with E-state index in [0.717, 1.165) is 24.3 Å². The minimum absolute atomic E-state index is 0.000935. The monoisotopic (exact) mass is 1130 g/mol. The number of carbonyl (C=O) groups is 3. The van der Waals surface area contributed by atoms with Crippen molar-refractivity contribution in [1.82, 2.24) is 38.6 Å². The van der Waals surface area contributed by atoms with E-state index in [0.29, 0.717) is 54.9 Å². The van der Waals surface area contributed by atoms with Crippen LogP contribution in [0, 0.1) is 23.3 Å². The summed E-state index contributed by atoms with van der Waals surface area (Å²) in [5.41, 5.74) is 1.53. The number of halogens is 6. The van der Waals surface area contributed by atoms with Gasteiger partial charge in [0.15, 0.2) is 29.9 Å². The van der Waals surface area contributed by atoms with Gasteiger partial charge in [-0.3, -0.25) is 19.3 Å². The quantitative estimate of drug-likeness (QED) is 0.0819. The maximum absolute atomic E-state index is 14.0. The van der Waals surface area contributed by atoms with Gasteiger partial charge in [0, 0.05) is 30.8 Å². The molecule has 0 aliphatic carbocycles. The lowest BCUT2D eigenvalue weighted by Crippen LogP contribution is -2.51. The molecule has 0 N–H and O–H groups in total. The highest BCUT2D eigenvalue weighted by Crippen LogP contribution is 2.49. The largest absolute Gasteiger partial charge is 0.489 e. The van der Waals surface area contributed by atoms with E-state index in [1.807, 2.05) is 0 Å². The van der Waals surface area contributed by atoms with Gasteiger partial charge >= 0.3 is 0 Å². The highest BCUT2D eigenvalue weighted by molar-refractivity contribution is 7.89. The van der Waals surface area contributed by atoms with Gasteiger partial charge in [0.25, 0.3) is 23.4 Å². The molecule has 4 aromatic carbocycles. The van der Waals surface area contributed by atoms with Crippen LogP contribution in [0.15, 0.2) is 95.0 Å². The molecule has 78 heavy (non-hydrogen) atoms. The molecule has 21 nitrogen and oxygen atoms in total. The van der Waals surface area contributed by atoms with Crippen molar-refractivity contribution >= 4 is 49.0 Å². The minimum Gasteiger partial charge on any atom is -0.489 e. The lowest BCUT2D eigenvalue weighted by molar-refractivity contribution is -0.380. The van der Waals surface area contributed by atoms with Gasteiger partial charge in [0.2, 0.25) is 20.0 Å². The smallest absolute Gasteiger partial charge is 0.299 e. The van der Waals surface area contributed by atoms with Gasteiger partial charge in [-0.2, -0.15) is 8.61 Å². The molecule has 2 amide bonds. The Balaban J connectivity index is 0.000000177. The van der Waals surface area contributed by atoms with Crippen LogP contribution in [-0.4, -0.2) is 132 Å². The third-order valence-corrected chi connectivity index (χ3v) is 17.5. The molecule has 6 aromatic rings. The number of benzene rings is 4. The lowest BCUT2D eigenvalue weighted by atomic mass is 10.1. The zero-order valence-electron chi connectivity index (χ0n) is 40.9. The van der Waals surface area contributed by atoms with Gasteiger partial charge in [-0.05, 0) is 86.3 Å². The van der Waals surface area contributed by atoms with E-state index >= 15 is 0 Å². The van der Waals surface area contributed by atoms with Crippen molar-refractivity contribution in [2.75, 3.05) is 56.2 Å². The van der Waals surface area contributed by atoms with Crippen molar-refractivity contribution in [3.8, 4) is 11.5 Å². The number of anilines is 2. The van der Waals surface area contributed by atoms with Crippen molar-refractivity contribution in [3.63, 3.8) is 0 Å². The Bertz CT molecular complexity index is 3530. The van der Waals surface area contributed by atoms with E-state index in [1.165, 1.54) is 76.6 Å². The summed E-state index contributed by atoms with van der Waals surface area (Å²) in [6.07, 6.45) is 5.03. The van der Waals surface area contributed by atoms with Gasteiger partial charge in [0.1, 0.15) is 49.6 Å². The molecule has 7 heterocycles. The molecule has 5 aliphatic rings. The standard InChI is InChI=1S/C25H24F3N5O6S.C24H22F3N5O5S/c26-7-9-31-12-17(29-30-31)13-32-22-5-4-19(11-20(22)25(24(32)34)38-15-39-25)40(35,36)33-8-1-2-18(33)14-37-23-6-3-16(27)10-21(23)28;25-7-9-30-12-16(28-29-30)13-31-21-5-4-18(11-19(21)23(33)24(31)34)38(35,36)32-8-1-2-17(32)14-37-22-6-3-15(26)10-20(22)27/h3-6,10-12,18H,1-2,7-9,13-15H2;3-6,10-12,17H,1-2,7-9,13-14H2/t18-;17-/m00/s1/i26-1;25-1. The van der Waals surface area contributed by atoms with Crippen molar-refractivity contribution in [1.29, 1.82) is 0 Å². The van der Waals surface area contributed by atoms with Crippen LogP contribution in [0.1, 0.15) is 53.0 Å². The Labute approximate surface area is 440 Å². The molecular weight excluding hydrogens is 1080 g/mol. The van der Waals surface area contributed by atoms with Crippen LogP contribution in [-0.2, 0) is 71.1 Å². The predicted molar refractivity (Wildman–Crippen MR) is 258 cm³/mol. The van der Waals surface area contributed by atoms with Crippen LogP contribution in [0.5, 0.6) is 11.5 Å². The second-order valence-electron chi connectivity index (χ2n) is 18.4. The number of alkyl halides is 2. The number of aromatic nitrogens is 6. The first-order valence-corrected chi connectivity index (χ1v) is 27.1. The predicted octanol–water partition coefficient (Wildman–Crippen LogP) is 4.95. The molecule has 29 heteroatoms. The van der Waals surface area contributed by atoms with Crippen LogP contribution < -0.4 is 19.3 Å². The SMILES string of the molecule is O=C1C(=O)N(Cc2cn(CC[18F])nn2)c2ccc(S(=O)(=O)N3CCC[C@H]3COc3ccc(F)cc3F)cc21.O=C1N(Cc2cn(CC[18F])nn2)c2ccc(S(=O)(=O)N3CCC[C@H]3COc3ccc(F)cc3F)cc2C12OCO2. The number of aryl methyl sites for hydroxylation is 2. The van der Waals surface area contributed by atoms with Crippen molar-refractivity contribution in [2.24, 2.45) is 0 Å². The van der Waals surface area contributed by atoms with Crippen molar-refractivity contribution in [2.45, 2.75) is 79.5 Å². The zero-order valence-corrected chi connectivity index (χ0v) is 42.5. The highest BCUT2D eigenvalue weighted by Gasteiger charge is 2.59. The molecule has 412 valence electrons. The number of Topliss-reactive ketones (excluding diaryl/α,β-unsaturated/α-hetero) is 1. The average molecular weight is 1130 g/mol. The van der Waals surface area contributed by atoms with Gasteiger partial charge in [0.05, 0.1) is 77.4 Å². The summed E-state index contributed by atoms with van der Waals surface area (Å²) in [7, 11) is -8.16. The van der Waals surface area contributed by atoms with Crippen LogP contribution in [0.2, 0.25) is 0 Å². The fourth-order valence-electron chi connectivity index (χ4n) is 9.74. The minimum atomic E-state index is -4.09.